The summed E-state index contributed by atoms with van der Waals surface area (Å²) in [6.07, 6.45) is -0.490. The Balaban J connectivity index is 2.20. The van der Waals surface area contributed by atoms with Gasteiger partial charge in [0.2, 0.25) is 0 Å². The zero-order valence-corrected chi connectivity index (χ0v) is 12.0. The summed E-state index contributed by atoms with van der Waals surface area (Å²) in [5, 5.41) is 10.4. The van der Waals surface area contributed by atoms with E-state index in [1.165, 1.54) is 6.07 Å². The summed E-state index contributed by atoms with van der Waals surface area (Å²) in [6.45, 7) is 3.47. The Morgan fingerprint density at radius 3 is 2.60 bits per heavy atom. The molecule has 0 fully saturated rings. The van der Waals surface area contributed by atoms with Crippen molar-refractivity contribution in [1.29, 1.82) is 0 Å². The first-order valence-corrected chi connectivity index (χ1v) is 6.62. The fourth-order valence-electron chi connectivity index (χ4n) is 1.92. The van der Waals surface area contributed by atoms with E-state index in [1.54, 1.807) is 38.1 Å². The maximum atomic E-state index is 12.1. The molecule has 104 valence electrons. The lowest BCUT2D eigenvalue weighted by atomic mass is 10.1. The number of benzene rings is 2. The smallest absolute Gasteiger partial charge is 0.342 e. The number of phenols is 1. The van der Waals surface area contributed by atoms with E-state index in [9.17, 15) is 9.90 Å². The first-order valence-electron chi connectivity index (χ1n) is 6.24. The average Bonchev–Trinajstić information content (AvgIpc) is 2.42. The van der Waals surface area contributed by atoms with Crippen molar-refractivity contribution >= 4 is 17.6 Å². The summed E-state index contributed by atoms with van der Waals surface area (Å²) < 4.78 is 5.36. The first kappa shape index (κ1) is 14.4. The monoisotopic (exact) mass is 290 g/mol. The quantitative estimate of drug-likeness (QED) is 0.859. The van der Waals surface area contributed by atoms with E-state index in [4.69, 9.17) is 16.3 Å². The van der Waals surface area contributed by atoms with Crippen LogP contribution < -0.4 is 0 Å². The van der Waals surface area contributed by atoms with Gasteiger partial charge in [0.25, 0.3) is 0 Å². The molecule has 0 unspecified atom stereocenters. The summed E-state index contributed by atoms with van der Waals surface area (Å²) in [4.78, 5) is 12.1. The fourth-order valence-corrected chi connectivity index (χ4v) is 2.21. The van der Waals surface area contributed by atoms with Gasteiger partial charge in [0.1, 0.15) is 17.4 Å². The molecule has 0 aliphatic rings. The summed E-state index contributed by atoms with van der Waals surface area (Å²) in [5.41, 5.74) is 1.52. The van der Waals surface area contributed by atoms with Crippen LogP contribution in [-0.2, 0) is 4.74 Å². The summed E-state index contributed by atoms with van der Waals surface area (Å²) >= 11 is 6.06. The van der Waals surface area contributed by atoms with Crippen molar-refractivity contribution in [3.8, 4) is 5.75 Å². The predicted molar refractivity (Wildman–Crippen MR) is 78.1 cm³/mol. The van der Waals surface area contributed by atoms with Gasteiger partial charge in [-0.25, -0.2) is 4.79 Å². The van der Waals surface area contributed by atoms with Gasteiger partial charge in [-0.05, 0) is 31.5 Å². The molecule has 0 saturated heterocycles. The first-order chi connectivity index (χ1) is 9.50. The summed E-state index contributed by atoms with van der Waals surface area (Å²) in [6, 6.07) is 12.1. The zero-order valence-electron chi connectivity index (χ0n) is 11.3. The third-order valence-corrected chi connectivity index (χ3v) is 3.43. The Morgan fingerprint density at radius 2 is 1.90 bits per heavy atom. The van der Waals surface area contributed by atoms with Crippen molar-refractivity contribution in [2.24, 2.45) is 0 Å². The number of carbonyl (C=O) groups excluding carboxylic acids is 1. The van der Waals surface area contributed by atoms with Gasteiger partial charge in [-0.3, -0.25) is 0 Å². The van der Waals surface area contributed by atoms with Gasteiger partial charge in [-0.2, -0.15) is 0 Å². The van der Waals surface area contributed by atoms with Crippen LogP contribution in [0.15, 0.2) is 42.5 Å². The van der Waals surface area contributed by atoms with E-state index in [0.717, 1.165) is 5.56 Å². The van der Waals surface area contributed by atoms with Gasteiger partial charge in [0.15, 0.2) is 0 Å². The Labute approximate surface area is 122 Å². The number of hydrogen-bond donors (Lipinski definition) is 1. The number of rotatable bonds is 3. The number of halogens is 1. The molecule has 0 aliphatic heterocycles. The summed E-state index contributed by atoms with van der Waals surface area (Å²) in [7, 11) is 0. The number of phenolic OH excluding ortho intramolecular Hbond substituents is 1. The highest BCUT2D eigenvalue weighted by Crippen LogP contribution is 2.28. The highest BCUT2D eigenvalue weighted by molar-refractivity contribution is 6.31. The van der Waals surface area contributed by atoms with Gasteiger partial charge in [0.05, 0.1) is 0 Å². The van der Waals surface area contributed by atoms with Crippen LogP contribution in [0, 0.1) is 6.92 Å². The molecule has 0 heterocycles. The van der Waals surface area contributed by atoms with E-state index in [-0.39, 0.29) is 11.3 Å². The van der Waals surface area contributed by atoms with E-state index < -0.39 is 12.1 Å². The average molecular weight is 291 g/mol. The number of hydrogen-bond acceptors (Lipinski definition) is 3. The van der Waals surface area contributed by atoms with Crippen LogP contribution >= 0.6 is 11.6 Å². The lowest BCUT2D eigenvalue weighted by Gasteiger charge is -2.15. The number of aryl methyl sites for hydroxylation is 1. The van der Waals surface area contributed by atoms with Crippen molar-refractivity contribution in [2.45, 2.75) is 20.0 Å². The van der Waals surface area contributed by atoms with Crippen LogP contribution in [0.3, 0.4) is 0 Å². The normalized spacial score (nSPS) is 11.9. The largest absolute Gasteiger partial charge is 0.507 e. The number of aromatic hydroxyl groups is 1. The fraction of sp³-hybridized carbons (Fsp3) is 0.188. The molecule has 0 spiro atoms. The van der Waals surface area contributed by atoms with Crippen LogP contribution in [0.25, 0.3) is 0 Å². The highest BCUT2D eigenvalue weighted by atomic mass is 35.5. The molecule has 1 N–H and O–H groups in total. The second kappa shape index (κ2) is 5.97. The molecule has 1 atom stereocenters. The molecule has 0 saturated carbocycles. The molecule has 2 aromatic carbocycles. The molecule has 0 amide bonds. The van der Waals surface area contributed by atoms with E-state index in [0.29, 0.717) is 10.6 Å². The lowest BCUT2D eigenvalue weighted by molar-refractivity contribution is 0.0335. The number of esters is 1. The maximum absolute atomic E-state index is 12.1. The molecular weight excluding hydrogens is 276 g/mol. The standard InChI is InChI=1S/C16H15ClO3/c1-10-6-5-8-13(15(10)18)16(19)20-11(2)12-7-3-4-9-14(12)17/h3-9,11,18H,1-2H3/t11-/m0/s1. The Hall–Kier alpha value is -2.00. The van der Waals surface area contributed by atoms with E-state index in [2.05, 4.69) is 0 Å². The lowest BCUT2D eigenvalue weighted by Crippen LogP contribution is -2.10. The molecule has 2 aromatic rings. The number of para-hydroxylation sites is 1. The molecule has 2 rings (SSSR count). The maximum Gasteiger partial charge on any atom is 0.342 e. The predicted octanol–water partition coefficient (Wildman–Crippen LogP) is 4.27. The number of ether oxygens (including phenoxy) is 1. The Bertz CT molecular complexity index is 637. The van der Waals surface area contributed by atoms with Crippen molar-refractivity contribution in [3.05, 3.63) is 64.2 Å². The van der Waals surface area contributed by atoms with E-state index in [1.807, 2.05) is 12.1 Å². The molecule has 0 aromatic heterocycles. The molecule has 0 aliphatic carbocycles. The Morgan fingerprint density at radius 1 is 1.20 bits per heavy atom. The van der Waals surface area contributed by atoms with Crippen LogP contribution in [-0.4, -0.2) is 11.1 Å². The van der Waals surface area contributed by atoms with Gasteiger partial charge in [-0.1, -0.05) is 41.9 Å². The molecule has 20 heavy (non-hydrogen) atoms. The van der Waals surface area contributed by atoms with Gasteiger partial charge < -0.3 is 9.84 Å². The van der Waals surface area contributed by atoms with Crippen LogP contribution in [0.4, 0.5) is 0 Å². The van der Waals surface area contributed by atoms with Crippen molar-refractivity contribution in [1.82, 2.24) is 0 Å². The Kier molecular flexibility index (Phi) is 4.30. The zero-order chi connectivity index (χ0) is 14.7. The molecular formula is C16H15ClO3. The highest BCUT2D eigenvalue weighted by Gasteiger charge is 2.19. The topological polar surface area (TPSA) is 46.5 Å². The minimum atomic E-state index is -0.571. The van der Waals surface area contributed by atoms with E-state index >= 15 is 0 Å². The van der Waals surface area contributed by atoms with Crippen molar-refractivity contribution < 1.29 is 14.6 Å². The third-order valence-electron chi connectivity index (χ3n) is 3.08. The van der Waals surface area contributed by atoms with Gasteiger partial charge in [0, 0.05) is 10.6 Å². The molecule has 3 nitrogen and oxygen atoms in total. The molecule has 0 bridgehead atoms. The van der Waals surface area contributed by atoms with Crippen LogP contribution in [0.2, 0.25) is 5.02 Å². The third kappa shape index (κ3) is 2.94. The molecule has 0 radical (unpaired) electrons. The SMILES string of the molecule is Cc1cccc(C(=O)O[C@@H](C)c2ccccc2Cl)c1O. The second-order valence-corrected chi connectivity index (χ2v) is 4.95. The number of carbonyl (C=O) groups is 1. The minimum Gasteiger partial charge on any atom is -0.507 e. The van der Waals surface area contributed by atoms with Crippen LogP contribution in [0.5, 0.6) is 5.75 Å². The summed E-state index contributed by atoms with van der Waals surface area (Å²) in [5.74, 6) is -0.623. The van der Waals surface area contributed by atoms with Gasteiger partial charge in [-0.15, -0.1) is 0 Å². The second-order valence-electron chi connectivity index (χ2n) is 4.54. The molecule has 4 heteroatoms. The van der Waals surface area contributed by atoms with Crippen LogP contribution in [0.1, 0.15) is 34.5 Å². The van der Waals surface area contributed by atoms with Crippen molar-refractivity contribution in [3.63, 3.8) is 0 Å². The van der Waals surface area contributed by atoms with Gasteiger partial charge >= 0.3 is 5.97 Å². The minimum absolute atomic E-state index is 0.0520. The van der Waals surface area contributed by atoms with Crippen molar-refractivity contribution in [2.75, 3.05) is 0 Å².